The van der Waals surface area contributed by atoms with Gasteiger partial charge in [-0.05, 0) is 39.1 Å². The number of nitrogens with one attached hydrogen (secondary N) is 1. The number of anilines is 2. The lowest BCUT2D eigenvalue weighted by molar-refractivity contribution is 0.154. The van der Waals surface area contributed by atoms with E-state index >= 15 is 0 Å². The zero-order valence-corrected chi connectivity index (χ0v) is 18.5. The second-order valence-corrected chi connectivity index (χ2v) is 8.60. The number of likely N-dealkylation sites (N-methyl/N-ethyl adjacent to an activating group) is 1. The van der Waals surface area contributed by atoms with Gasteiger partial charge >= 0.3 is 6.09 Å². The van der Waals surface area contributed by atoms with Crippen LogP contribution in [0.1, 0.15) is 12.2 Å². The topological polar surface area (TPSA) is 136 Å². The maximum Gasteiger partial charge on any atom is 0.410 e. The summed E-state index contributed by atoms with van der Waals surface area (Å²) in [5.41, 5.74) is 12.2. The van der Waals surface area contributed by atoms with Crippen molar-refractivity contribution in [2.24, 2.45) is 5.73 Å². The second kappa shape index (κ2) is 9.08. The van der Waals surface area contributed by atoms with Gasteiger partial charge in [0.2, 0.25) is 11.0 Å². The van der Waals surface area contributed by atoms with E-state index in [2.05, 4.69) is 32.1 Å². The zero-order chi connectivity index (χ0) is 22.0. The van der Waals surface area contributed by atoms with Crippen LogP contribution >= 0.6 is 11.3 Å². The Morgan fingerprint density at radius 1 is 1.29 bits per heavy atom. The molecule has 0 bridgehead atoms. The molecular weight excluding hydrogens is 418 g/mol. The lowest BCUT2D eigenvalue weighted by atomic mass is 10.2. The van der Waals surface area contributed by atoms with Gasteiger partial charge in [-0.3, -0.25) is 0 Å². The van der Waals surface area contributed by atoms with E-state index in [9.17, 15) is 4.79 Å². The molecule has 5 N–H and O–H groups in total. The first kappa shape index (κ1) is 21.3. The summed E-state index contributed by atoms with van der Waals surface area (Å²) in [6, 6.07) is 3.69. The number of amides is 1. The van der Waals surface area contributed by atoms with Gasteiger partial charge in [-0.25, -0.2) is 14.8 Å². The molecule has 166 valence electrons. The maximum absolute atomic E-state index is 11.2. The van der Waals surface area contributed by atoms with Gasteiger partial charge in [0.25, 0.3) is 0 Å². The highest BCUT2D eigenvalue weighted by Gasteiger charge is 2.22. The molecule has 0 aliphatic carbocycles. The number of nitrogens with zero attached hydrogens (tertiary/aromatic N) is 4. The van der Waals surface area contributed by atoms with Crippen LogP contribution < -0.4 is 21.5 Å². The van der Waals surface area contributed by atoms with Gasteiger partial charge in [0.1, 0.15) is 16.3 Å². The number of hydrogen-bond acceptors (Lipinski definition) is 10. The second-order valence-electron chi connectivity index (χ2n) is 7.64. The fourth-order valence-electron chi connectivity index (χ4n) is 3.56. The van der Waals surface area contributed by atoms with Crippen molar-refractivity contribution in [2.45, 2.75) is 13.3 Å². The molecule has 0 atom stereocenters. The summed E-state index contributed by atoms with van der Waals surface area (Å²) in [5, 5.41) is 4.09. The molecule has 0 unspecified atom stereocenters. The van der Waals surface area contributed by atoms with E-state index in [1.807, 2.05) is 19.1 Å². The molecule has 1 amide bonds. The van der Waals surface area contributed by atoms with E-state index < -0.39 is 6.09 Å². The lowest BCUT2D eigenvalue weighted by Gasteiger charge is -2.32. The smallest absolute Gasteiger partial charge is 0.410 e. The molecule has 10 nitrogen and oxygen atoms in total. The molecule has 11 heteroatoms. The molecule has 1 aliphatic heterocycles. The van der Waals surface area contributed by atoms with E-state index in [0.29, 0.717) is 27.6 Å². The number of thiophene rings is 1. The normalized spacial score (nSPS) is 15.4. The molecule has 0 spiro atoms. The number of primary amides is 1. The number of ether oxygens (including phenoxy) is 1. The number of carbonyl (C=O) groups excluding carboxylic acids is 1. The molecule has 0 aromatic carbocycles. The fraction of sp³-hybridized carbons (Fsp3) is 0.450. The van der Waals surface area contributed by atoms with Crippen molar-refractivity contribution in [3.63, 3.8) is 0 Å². The molecule has 1 aliphatic rings. The molecule has 0 radical (unpaired) electrons. The minimum absolute atomic E-state index is 0.202. The molecule has 3 aromatic rings. The van der Waals surface area contributed by atoms with Crippen LogP contribution in [0, 0.1) is 6.92 Å². The molecule has 31 heavy (non-hydrogen) atoms. The minimum atomic E-state index is -0.927. The van der Waals surface area contributed by atoms with Crippen molar-refractivity contribution in [2.75, 3.05) is 57.4 Å². The number of piperazine rings is 1. The highest BCUT2D eigenvalue weighted by atomic mass is 32.1. The predicted octanol–water partition coefficient (Wildman–Crippen LogP) is 2.35. The number of nitrogens with two attached hydrogens (primary N) is 2. The van der Waals surface area contributed by atoms with Gasteiger partial charge in [-0.15, -0.1) is 0 Å². The SMILES string of the molecule is Cc1ccc(-c2nc(NCCCN3CCN(C)CC3)nc3sc(OC(N)=O)c(N)c23)o1. The number of rotatable bonds is 7. The average molecular weight is 446 g/mol. The summed E-state index contributed by atoms with van der Waals surface area (Å²) in [4.78, 5) is 25.9. The number of fused-ring (bicyclic) bond motifs is 1. The van der Waals surface area contributed by atoms with Crippen LogP contribution in [0.25, 0.3) is 21.7 Å². The van der Waals surface area contributed by atoms with Gasteiger partial charge in [0.05, 0.1) is 11.1 Å². The number of aryl methyl sites for hydroxylation is 1. The van der Waals surface area contributed by atoms with Gasteiger partial charge in [0, 0.05) is 32.7 Å². The molecular formula is C20H27N7O3S. The van der Waals surface area contributed by atoms with E-state index in [1.54, 1.807) is 0 Å². The van der Waals surface area contributed by atoms with Crippen molar-refractivity contribution in [1.29, 1.82) is 0 Å². The van der Waals surface area contributed by atoms with E-state index in [4.69, 9.17) is 20.6 Å². The van der Waals surface area contributed by atoms with Crippen molar-refractivity contribution in [3.05, 3.63) is 17.9 Å². The van der Waals surface area contributed by atoms with Gasteiger partial charge in [-0.1, -0.05) is 11.3 Å². The first-order valence-corrected chi connectivity index (χ1v) is 11.0. The molecule has 4 heterocycles. The van der Waals surface area contributed by atoms with Crippen LogP contribution in [0.15, 0.2) is 16.5 Å². The van der Waals surface area contributed by atoms with Gasteiger partial charge < -0.3 is 35.7 Å². The largest absolute Gasteiger partial charge is 0.460 e. The van der Waals surface area contributed by atoms with Crippen LogP contribution in [-0.2, 0) is 0 Å². The Kier molecular flexibility index (Phi) is 6.25. The molecule has 0 saturated carbocycles. The summed E-state index contributed by atoms with van der Waals surface area (Å²) in [6.45, 7) is 8.02. The van der Waals surface area contributed by atoms with Crippen LogP contribution in [0.3, 0.4) is 0 Å². The summed E-state index contributed by atoms with van der Waals surface area (Å²) in [6.07, 6.45) is 0.0481. The monoisotopic (exact) mass is 445 g/mol. The van der Waals surface area contributed by atoms with E-state index in [0.717, 1.165) is 62.8 Å². The van der Waals surface area contributed by atoms with Gasteiger partial charge in [0.15, 0.2) is 5.76 Å². The summed E-state index contributed by atoms with van der Waals surface area (Å²) < 4.78 is 10.8. The Morgan fingerprint density at radius 2 is 2.06 bits per heavy atom. The Balaban J connectivity index is 1.54. The third-order valence-corrected chi connectivity index (χ3v) is 6.23. The quantitative estimate of drug-likeness (QED) is 0.468. The van der Waals surface area contributed by atoms with E-state index in [1.165, 1.54) is 0 Å². The van der Waals surface area contributed by atoms with Gasteiger partial charge in [-0.2, -0.15) is 0 Å². The van der Waals surface area contributed by atoms with Crippen LogP contribution in [0.5, 0.6) is 5.06 Å². The highest BCUT2D eigenvalue weighted by Crippen LogP contribution is 2.43. The molecule has 3 aromatic heterocycles. The number of hydrogen-bond donors (Lipinski definition) is 3. The molecule has 1 saturated heterocycles. The summed E-state index contributed by atoms with van der Waals surface area (Å²) >= 11 is 1.15. The third kappa shape index (κ3) is 4.89. The van der Waals surface area contributed by atoms with Crippen LogP contribution in [-0.4, -0.2) is 72.2 Å². The number of aromatic nitrogens is 2. The highest BCUT2D eigenvalue weighted by molar-refractivity contribution is 7.21. The predicted molar refractivity (Wildman–Crippen MR) is 122 cm³/mol. The first-order valence-electron chi connectivity index (χ1n) is 10.2. The third-order valence-electron chi connectivity index (χ3n) is 5.25. The summed E-state index contributed by atoms with van der Waals surface area (Å²) in [7, 11) is 2.15. The Bertz CT molecular complexity index is 1070. The van der Waals surface area contributed by atoms with Crippen molar-refractivity contribution >= 4 is 39.3 Å². The van der Waals surface area contributed by atoms with E-state index in [-0.39, 0.29) is 10.8 Å². The summed E-state index contributed by atoms with van der Waals surface area (Å²) in [5.74, 6) is 1.80. The Hall–Kier alpha value is -2.89. The van der Waals surface area contributed by atoms with Crippen LogP contribution in [0.4, 0.5) is 16.4 Å². The Labute approximate surface area is 184 Å². The van der Waals surface area contributed by atoms with Crippen molar-refractivity contribution < 1.29 is 13.9 Å². The first-order chi connectivity index (χ1) is 14.9. The fourth-order valence-corrected chi connectivity index (χ4v) is 4.51. The molecule has 1 fully saturated rings. The maximum atomic E-state index is 11.2. The number of nitrogen functional groups attached to an aromatic ring is 1. The van der Waals surface area contributed by atoms with Crippen molar-refractivity contribution in [1.82, 2.24) is 19.8 Å². The average Bonchev–Trinajstić information content (AvgIpc) is 3.29. The Morgan fingerprint density at radius 3 is 2.74 bits per heavy atom. The lowest BCUT2D eigenvalue weighted by Crippen LogP contribution is -2.44. The minimum Gasteiger partial charge on any atom is -0.460 e. The van der Waals surface area contributed by atoms with Crippen molar-refractivity contribution in [3.8, 4) is 16.5 Å². The standard InChI is InChI=1S/C20H27N7O3S/c1-12-4-5-13(29-12)16-14-15(21)18(30-19(22)28)31-17(14)25-20(24-16)23-6-3-7-27-10-8-26(2)9-11-27/h4-5H,3,6-11,21H2,1-2H3,(H2,22,28)(H,23,24,25). The zero-order valence-electron chi connectivity index (χ0n) is 17.7. The number of furan rings is 1. The van der Waals surface area contributed by atoms with Crippen LogP contribution in [0.2, 0.25) is 0 Å². The molecule has 4 rings (SSSR count). The number of carbonyl (C=O) groups is 1.